The van der Waals surface area contributed by atoms with Crippen molar-refractivity contribution in [3.8, 4) is 0 Å². The molecule has 1 rings (SSSR count). The van der Waals surface area contributed by atoms with Crippen LogP contribution in [0.25, 0.3) is 0 Å². The molecule has 0 radical (unpaired) electrons. The van der Waals surface area contributed by atoms with Gasteiger partial charge in [-0.2, -0.15) is 0 Å². The van der Waals surface area contributed by atoms with E-state index in [1.807, 2.05) is 13.0 Å². The summed E-state index contributed by atoms with van der Waals surface area (Å²) in [4.78, 5) is 10.1. The summed E-state index contributed by atoms with van der Waals surface area (Å²) in [5.41, 5.74) is 0.991. The monoisotopic (exact) mass is 110 g/mol. The first-order chi connectivity index (χ1) is 3.88. The van der Waals surface area contributed by atoms with Gasteiger partial charge in [-0.25, -0.2) is 0 Å². The Bertz CT molecular complexity index is 120. The van der Waals surface area contributed by atoms with E-state index < -0.39 is 0 Å². The third-order valence-electron chi connectivity index (χ3n) is 1.52. The molecule has 0 amide bonds. The summed E-state index contributed by atoms with van der Waals surface area (Å²) in [6, 6.07) is 0. The van der Waals surface area contributed by atoms with E-state index in [4.69, 9.17) is 0 Å². The zero-order chi connectivity index (χ0) is 5.98. The van der Waals surface area contributed by atoms with Crippen LogP contribution in [0.5, 0.6) is 0 Å². The van der Waals surface area contributed by atoms with E-state index in [1.165, 1.54) is 12.8 Å². The molecule has 1 saturated carbocycles. The molecule has 0 spiro atoms. The number of carbonyl (C=O) groups excluding carboxylic acids is 1. The predicted octanol–water partition coefficient (Wildman–Crippen LogP) is 1.54. The lowest BCUT2D eigenvalue weighted by Crippen LogP contribution is -1.83. The Morgan fingerprint density at radius 2 is 2.25 bits per heavy atom. The van der Waals surface area contributed by atoms with E-state index >= 15 is 0 Å². The van der Waals surface area contributed by atoms with Crippen LogP contribution in [0.3, 0.4) is 0 Å². The zero-order valence-corrected chi connectivity index (χ0v) is 5.05. The molecular weight excluding hydrogens is 100 g/mol. The van der Waals surface area contributed by atoms with Crippen LogP contribution in [-0.4, -0.2) is 6.29 Å². The molecule has 0 heterocycles. The Morgan fingerprint density at radius 3 is 2.38 bits per heavy atom. The van der Waals surface area contributed by atoms with E-state index in [1.54, 1.807) is 0 Å². The first-order valence-electron chi connectivity index (χ1n) is 3.00. The van der Waals surface area contributed by atoms with Gasteiger partial charge < -0.3 is 0 Å². The Morgan fingerprint density at radius 1 is 1.62 bits per heavy atom. The van der Waals surface area contributed by atoms with Crippen molar-refractivity contribution < 1.29 is 4.79 Å². The van der Waals surface area contributed by atoms with Crippen LogP contribution < -0.4 is 0 Å². The van der Waals surface area contributed by atoms with E-state index in [0.29, 0.717) is 5.92 Å². The maximum atomic E-state index is 10.1. The van der Waals surface area contributed by atoms with E-state index in [0.717, 1.165) is 11.9 Å². The molecule has 1 aliphatic carbocycles. The number of rotatable bonds is 2. The van der Waals surface area contributed by atoms with Crippen LogP contribution in [0.1, 0.15) is 19.8 Å². The van der Waals surface area contributed by atoms with Gasteiger partial charge in [0.1, 0.15) is 6.29 Å². The largest absolute Gasteiger partial charge is 0.298 e. The quantitative estimate of drug-likeness (QED) is 0.389. The van der Waals surface area contributed by atoms with Crippen molar-refractivity contribution in [3.05, 3.63) is 11.6 Å². The first kappa shape index (κ1) is 5.54. The van der Waals surface area contributed by atoms with Gasteiger partial charge in [-0.05, 0) is 31.3 Å². The summed E-state index contributed by atoms with van der Waals surface area (Å²) >= 11 is 0. The summed E-state index contributed by atoms with van der Waals surface area (Å²) in [6.07, 6.45) is 5.32. The van der Waals surface area contributed by atoms with Gasteiger partial charge in [0.15, 0.2) is 0 Å². The normalized spacial score (nSPS) is 20.9. The molecule has 0 saturated heterocycles. The minimum atomic E-state index is 0.623. The minimum absolute atomic E-state index is 0.623. The highest BCUT2D eigenvalue weighted by Gasteiger charge is 2.24. The average Bonchev–Trinajstić information content (AvgIpc) is 2.53. The molecule has 0 aliphatic heterocycles. The third kappa shape index (κ3) is 0.971. The number of hydrogen-bond acceptors (Lipinski definition) is 1. The van der Waals surface area contributed by atoms with Crippen LogP contribution in [0.4, 0.5) is 0 Å². The predicted molar refractivity (Wildman–Crippen MR) is 32.5 cm³/mol. The first-order valence-corrected chi connectivity index (χ1v) is 3.00. The molecule has 1 aliphatic rings. The molecule has 0 aromatic heterocycles. The van der Waals surface area contributed by atoms with Gasteiger partial charge in [0.05, 0.1) is 0 Å². The third-order valence-corrected chi connectivity index (χ3v) is 1.52. The molecule has 0 N–H and O–H groups in total. The van der Waals surface area contributed by atoms with Gasteiger partial charge in [-0.15, -0.1) is 0 Å². The lowest BCUT2D eigenvalue weighted by atomic mass is 10.2. The number of allylic oxidation sites excluding steroid dienone is 2. The van der Waals surface area contributed by atoms with Crippen molar-refractivity contribution in [1.82, 2.24) is 0 Å². The fourth-order valence-corrected chi connectivity index (χ4v) is 0.817. The molecular formula is C7H10O. The SMILES string of the molecule is CC=C(C=O)C1CC1. The molecule has 44 valence electrons. The summed E-state index contributed by atoms with van der Waals surface area (Å²) in [5.74, 6) is 0.623. The molecule has 0 aromatic carbocycles. The van der Waals surface area contributed by atoms with Crippen molar-refractivity contribution in [1.29, 1.82) is 0 Å². The zero-order valence-electron chi connectivity index (χ0n) is 5.05. The molecule has 8 heavy (non-hydrogen) atoms. The topological polar surface area (TPSA) is 17.1 Å². The fraction of sp³-hybridized carbons (Fsp3) is 0.571. The molecule has 0 unspecified atom stereocenters. The molecule has 0 bridgehead atoms. The highest BCUT2D eigenvalue weighted by Crippen LogP contribution is 2.34. The Labute approximate surface area is 49.4 Å². The second kappa shape index (κ2) is 2.12. The molecule has 0 aromatic rings. The molecule has 0 atom stereocenters. The van der Waals surface area contributed by atoms with Gasteiger partial charge in [-0.3, -0.25) is 4.79 Å². The van der Waals surface area contributed by atoms with Gasteiger partial charge in [0.25, 0.3) is 0 Å². The fourth-order valence-electron chi connectivity index (χ4n) is 0.817. The second-order valence-corrected chi connectivity index (χ2v) is 2.18. The Hall–Kier alpha value is -0.590. The number of hydrogen-bond donors (Lipinski definition) is 0. The summed E-state index contributed by atoms with van der Waals surface area (Å²) in [5, 5.41) is 0. The summed E-state index contributed by atoms with van der Waals surface area (Å²) < 4.78 is 0. The Kier molecular flexibility index (Phi) is 1.47. The molecule has 1 heteroatoms. The van der Waals surface area contributed by atoms with Gasteiger partial charge in [-0.1, -0.05) is 6.08 Å². The van der Waals surface area contributed by atoms with Crippen molar-refractivity contribution in [2.75, 3.05) is 0 Å². The maximum Gasteiger partial charge on any atom is 0.145 e. The van der Waals surface area contributed by atoms with E-state index in [2.05, 4.69) is 0 Å². The van der Waals surface area contributed by atoms with E-state index in [-0.39, 0.29) is 0 Å². The lowest BCUT2D eigenvalue weighted by molar-refractivity contribution is -0.105. The highest BCUT2D eigenvalue weighted by molar-refractivity contribution is 5.74. The maximum absolute atomic E-state index is 10.1. The number of carbonyl (C=O) groups is 1. The van der Waals surface area contributed by atoms with E-state index in [9.17, 15) is 4.79 Å². The van der Waals surface area contributed by atoms with Crippen molar-refractivity contribution in [2.45, 2.75) is 19.8 Å². The van der Waals surface area contributed by atoms with Crippen LogP contribution in [-0.2, 0) is 4.79 Å². The van der Waals surface area contributed by atoms with Crippen LogP contribution in [0, 0.1) is 5.92 Å². The second-order valence-electron chi connectivity index (χ2n) is 2.18. The standard InChI is InChI=1S/C7H10O/c1-2-6(5-8)7-3-4-7/h2,5,7H,3-4H2,1H3. The van der Waals surface area contributed by atoms with Gasteiger partial charge >= 0.3 is 0 Å². The molecule has 1 nitrogen and oxygen atoms in total. The van der Waals surface area contributed by atoms with Crippen molar-refractivity contribution in [2.24, 2.45) is 5.92 Å². The lowest BCUT2D eigenvalue weighted by Gasteiger charge is -1.87. The summed E-state index contributed by atoms with van der Waals surface area (Å²) in [7, 11) is 0. The van der Waals surface area contributed by atoms with Crippen molar-refractivity contribution in [3.63, 3.8) is 0 Å². The minimum Gasteiger partial charge on any atom is -0.298 e. The van der Waals surface area contributed by atoms with Crippen molar-refractivity contribution >= 4 is 6.29 Å². The van der Waals surface area contributed by atoms with Crippen LogP contribution >= 0.6 is 0 Å². The van der Waals surface area contributed by atoms with Crippen LogP contribution in [0.15, 0.2) is 11.6 Å². The van der Waals surface area contributed by atoms with Gasteiger partial charge in [0, 0.05) is 0 Å². The average molecular weight is 110 g/mol. The molecule has 1 fully saturated rings. The smallest absolute Gasteiger partial charge is 0.145 e. The highest BCUT2D eigenvalue weighted by atomic mass is 16.1. The van der Waals surface area contributed by atoms with Crippen LogP contribution in [0.2, 0.25) is 0 Å². The summed E-state index contributed by atoms with van der Waals surface area (Å²) in [6.45, 7) is 1.92. The number of aldehydes is 1. The Balaban J connectivity index is 2.49. The van der Waals surface area contributed by atoms with Gasteiger partial charge in [0.2, 0.25) is 0 Å².